The van der Waals surface area contributed by atoms with Gasteiger partial charge in [0.2, 0.25) is 0 Å². The number of nitrogens with zero attached hydrogens (tertiary/aromatic N) is 1. The summed E-state index contributed by atoms with van der Waals surface area (Å²) in [6, 6.07) is 10.0. The van der Waals surface area contributed by atoms with Crippen LogP contribution in [0.1, 0.15) is 19.5 Å². The van der Waals surface area contributed by atoms with E-state index in [4.69, 9.17) is 0 Å². The lowest BCUT2D eigenvalue weighted by atomic mass is 10.1. The molecule has 2 aromatic rings. The SMILES string of the molecule is Cc1cc(NC(C)(C)CO)c2ccccc2n1. The van der Waals surface area contributed by atoms with Gasteiger partial charge in [0, 0.05) is 16.8 Å². The molecule has 0 aliphatic rings. The maximum Gasteiger partial charge on any atom is 0.0725 e. The molecule has 3 nitrogen and oxygen atoms in total. The van der Waals surface area contributed by atoms with E-state index in [-0.39, 0.29) is 12.1 Å². The summed E-state index contributed by atoms with van der Waals surface area (Å²) >= 11 is 0. The molecule has 0 aliphatic heterocycles. The van der Waals surface area contributed by atoms with Gasteiger partial charge in [-0.25, -0.2) is 0 Å². The molecule has 2 rings (SSSR count). The van der Waals surface area contributed by atoms with Gasteiger partial charge < -0.3 is 10.4 Å². The number of pyridine rings is 1. The lowest BCUT2D eigenvalue weighted by molar-refractivity contribution is 0.234. The fraction of sp³-hybridized carbons (Fsp3) is 0.357. The van der Waals surface area contributed by atoms with E-state index >= 15 is 0 Å². The summed E-state index contributed by atoms with van der Waals surface area (Å²) < 4.78 is 0. The van der Waals surface area contributed by atoms with Crippen LogP contribution < -0.4 is 5.32 Å². The first-order valence-electron chi connectivity index (χ1n) is 5.77. The van der Waals surface area contributed by atoms with Gasteiger partial charge >= 0.3 is 0 Å². The molecule has 0 radical (unpaired) electrons. The first-order valence-corrected chi connectivity index (χ1v) is 5.77. The molecule has 0 amide bonds. The Balaban J connectivity index is 2.53. The number of fused-ring (bicyclic) bond motifs is 1. The van der Waals surface area contributed by atoms with Crippen molar-refractivity contribution in [2.75, 3.05) is 11.9 Å². The van der Waals surface area contributed by atoms with Gasteiger partial charge in [0.1, 0.15) is 0 Å². The number of benzene rings is 1. The van der Waals surface area contributed by atoms with Gasteiger partial charge in [0.25, 0.3) is 0 Å². The Morgan fingerprint density at radius 2 is 2.00 bits per heavy atom. The van der Waals surface area contributed by atoms with E-state index in [9.17, 15) is 5.11 Å². The van der Waals surface area contributed by atoms with Gasteiger partial charge in [-0.1, -0.05) is 18.2 Å². The first kappa shape index (κ1) is 11.9. The lowest BCUT2D eigenvalue weighted by Crippen LogP contribution is -2.35. The van der Waals surface area contributed by atoms with Crippen LogP contribution in [0.4, 0.5) is 5.69 Å². The number of para-hydroxylation sites is 1. The van der Waals surface area contributed by atoms with Crippen molar-refractivity contribution in [3.8, 4) is 0 Å². The molecule has 17 heavy (non-hydrogen) atoms. The second kappa shape index (κ2) is 4.34. The molecule has 0 spiro atoms. The molecule has 0 saturated heterocycles. The predicted molar refractivity (Wildman–Crippen MR) is 71.3 cm³/mol. The van der Waals surface area contributed by atoms with E-state index in [1.54, 1.807) is 0 Å². The van der Waals surface area contributed by atoms with Crippen LogP contribution >= 0.6 is 0 Å². The Morgan fingerprint density at radius 1 is 1.29 bits per heavy atom. The largest absolute Gasteiger partial charge is 0.394 e. The molecule has 0 fully saturated rings. The minimum absolute atomic E-state index is 0.0860. The minimum Gasteiger partial charge on any atom is -0.394 e. The van der Waals surface area contributed by atoms with E-state index in [0.29, 0.717) is 0 Å². The molecule has 0 bridgehead atoms. The fourth-order valence-electron chi connectivity index (χ4n) is 1.82. The van der Waals surface area contributed by atoms with Gasteiger partial charge in [0.15, 0.2) is 0 Å². The van der Waals surface area contributed by atoms with E-state index in [2.05, 4.69) is 10.3 Å². The summed E-state index contributed by atoms with van der Waals surface area (Å²) in [5.41, 5.74) is 2.63. The third-order valence-corrected chi connectivity index (χ3v) is 2.71. The number of aryl methyl sites for hydroxylation is 1. The van der Waals surface area contributed by atoms with Crippen molar-refractivity contribution >= 4 is 16.6 Å². The van der Waals surface area contributed by atoms with Crippen LogP contribution in [0, 0.1) is 6.92 Å². The topological polar surface area (TPSA) is 45.1 Å². The normalized spacial score (nSPS) is 11.8. The van der Waals surface area contributed by atoms with Crippen molar-refractivity contribution in [1.82, 2.24) is 4.98 Å². The number of nitrogens with one attached hydrogen (secondary N) is 1. The number of anilines is 1. The smallest absolute Gasteiger partial charge is 0.0725 e. The van der Waals surface area contributed by atoms with E-state index in [0.717, 1.165) is 22.3 Å². The van der Waals surface area contributed by atoms with Crippen LogP contribution in [0.3, 0.4) is 0 Å². The molecule has 1 heterocycles. The second-order valence-electron chi connectivity index (χ2n) is 5.00. The number of aliphatic hydroxyl groups is 1. The molecule has 0 unspecified atom stereocenters. The fourth-order valence-corrected chi connectivity index (χ4v) is 1.82. The van der Waals surface area contributed by atoms with Gasteiger partial charge in [-0.2, -0.15) is 0 Å². The summed E-state index contributed by atoms with van der Waals surface area (Å²) in [6.45, 7) is 6.00. The summed E-state index contributed by atoms with van der Waals surface area (Å²) in [5, 5.41) is 13.8. The zero-order valence-electron chi connectivity index (χ0n) is 10.5. The Hall–Kier alpha value is -1.61. The zero-order valence-corrected chi connectivity index (χ0v) is 10.5. The summed E-state index contributed by atoms with van der Waals surface area (Å²) in [7, 11) is 0. The first-order chi connectivity index (χ1) is 8.02. The maximum atomic E-state index is 9.32. The average molecular weight is 230 g/mol. The van der Waals surface area contributed by atoms with Crippen LogP contribution in [0.2, 0.25) is 0 Å². The van der Waals surface area contributed by atoms with Crippen LogP contribution in [0.25, 0.3) is 10.9 Å². The van der Waals surface area contributed by atoms with Crippen molar-refractivity contribution in [2.45, 2.75) is 26.3 Å². The van der Waals surface area contributed by atoms with Crippen molar-refractivity contribution in [1.29, 1.82) is 0 Å². The summed E-state index contributed by atoms with van der Waals surface area (Å²) in [4.78, 5) is 4.49. The average Bonchev–Trinajstić information content (AvgIpc) is 2.28. The van der Waals surface area contributed by atoms with E-state index in [1.807, 2.05) is 51.1 Å². The van der Waals surface area contributed by atoms with Crippen molar-refractivity contribution in [3.63, 3.8) is 0 Å². The summed E-state index contributed by atoms with van der Waals surface area (Å²) in [6.07, 6.45) is 0. The van der Waals surface area contributed by atoms with Crippen molar-refractivity contribution in [3.05, 3.63) is 36.0 Å². The highest BCUT2D eigenvalue weighted by atomic mass is 16.3. The quantitative estimate of drug-likeness (QED) is 0.852. The molecule has 0 saturated carbocycles. The van der Waals surface area contributed by atoms with E-state index in [1.165, 1.54) is 0 Å². The summed E-state index contributed by atoms with van der Waals surface area (Å²) in [5.74, 6) is 0. The number of rotatable bonds is 3. The highest BCUT2D eigenvalue weighted by Crippen LogP contribution is 2.25. The van der Waals surface area contributed by atoms with Crippen LogP contribution in [-0.4, -0.2) is 22.2 Å². The third-order valence-electron chi connectivity index (χ3n) is 2.71. The van der Waals surface area contributed by atoms with Crippen molar-refractivity contribution < 1.29 is 5.11 Å². The highest BCUT2D eigenvalue weighted by molar-refractivity contribution is 5.91. The van der Waals surface area contributed by atoms with Crippen LogP contribution in [-0.2, 0) is 0 Å². The third kappa shape index (κ3) is 2.56. The predicted octanol–water partition coefficient (Wildman–Crippen LogP) is 2.73. The number of aromatic nitrogens is 1. The molecule has 3 heteroatoms. The van der Waals surface area contributed by atoms with Gasteiger partial charge in [0.05, 0.1) is 17.7 Å². The monoisotopic (exact) mass is 230 g/mol. The second-order valence-corrected chi connectivity index (χ2v) is 5.00. The molecule has 0 atom stereocenters. The van der Waals surface area contributed by atoms with E-state index < -0.39 is 0 Å². The van der Waals surface area contributed by atoms with Gasteiger partial charge in [-0.05, 0) is 32.9 Å². The maximum absolute atomic E-state index is 9.32. The Kier molecular flexibility index (Phi) is 3.03. The molecule has 1 aromatic heterocycles. The standard InChI is InChI=1S/C14H18N2O/c1-10-8-13(16-14(2,3)9-17)11-6-4-5-7-12(11)15-10/h4-8,17H,9H2,1-3H3,(H,15,16). The van der Waals surface area contributed by atoms with Gasteiger partial charge in [-0.15, -0.1) is 0 Å². The Bertz CT molecular complexity index is 535. The molecule has 90 valence electrons. The molecule has 2 N–H and O–H groups in total. The Labute approximate surface area is 102 Å². The number of aliphatic hydroxyl groups excluding tert-OH is 1. The zero-order chi connectivity index (χ0) is 12.5. The van der Waals surface area contributed by atoms with Gasteiger partial charge in [-0.3, -0.25) is 4.98 Å². The molecular formula is C14H18N2O. The molecular weight excluding hydrogens is 212 g/mol. The highest BCUT2D eigenvalue weighted by Gasteiger charge is 2.17. The molecule has 1 aromatic carbocycles. The van der Waals surface area contributed by atoms with Crippen LogP contribution in [0.15, 0.2) is 30.3 Å². The molecule has 0 aliphatic carbocycles. The lowest BCUT2D eigenvalue weighted by Gasteiger charge is -2.26. The number of hydrogen-bond donors (Lipinski definition) is 2. The minimum atomic E-state index is -0.337. The van der Waals surface area contributed by atoms with Crippen molar-refractivity contribution in [2.24, 2.45) is 0 Å². The number of hydrogen-bond acceptors (Lipinski definition) is 3. The Morgan fingerprint density at radius 3 is 2.71 bits per heavy atom. The van der Waals surface area contributed by atoms with Crippen LogP contribution in [0.5, 0.6) is 0 Å².